The Hall–Kier alpha value is -3.88. The molecule has 3 atom stereocenters. The number of nitrogens with zero attached hydrogens (tertiary/aromatic N) is 3. The second-order valence-corrected chi connectivity index (χ2v) is 15.3. The van der Waals surface area contributed by atoms with Crippen LogP contribution in [0.2, 0.25) is 0 Å². The van der Waals surface area contributed by atoms with Crippen molar-refractivity contribution in [1.29, 1.82) is 0 Å². The lowest BCUT2D eigenvalue weighted by molar-refractivity contribution is -0.166. The lowest BCUT2D eigenvalue weighted by Gasteiger charge is -2.54. The van der Waals surface area contributed by atoms with Gasteiger partial charge in [0.1, 0.15) is 0 Å². The van der Waals surface area contributed by atoms with Crippen molar-refractivity contribution in [3.05, 3.63) is 58.3 Å². The molecule has 2 aliphatic rings. The maximum Gasteiger partial charge on any atom is 0.228 e. The number of aromatic nitrogens is 1. The number of H-pyrrole nitrogens is 1. The number of amides is 4. The van der Waals surface area contributed by atoms with Crippen molar-refractivity contribution in [1.82, 2.24) is 25.0 Å². The molecule has 0 saturated carbocycles. The zero-order chi connectivity index (χ0) is 36.2. The Kier molecular flexibility index (Phi) is 12.2. The summed E-state index contributed by atoms with van der Waals surface area (Å²) in [5.74, 6) is -1.26. The largest absolute Gasteiger partial charge is 0.356 e. The van der Waals surface area contributed by atoms with Crippen molar-refractivity contribution >= 4 is 34.5 Å². The van der Waals surface area contributed by atoms with Gasteiger partial charge >= 0.3 is 0 Å². The molecular formula is C40H59N5O4. The number of nitrogens with one attached hydrogen (secondary N) is 2. The highest BCUT2D eigenvalue weighted by molar-refractivity contribution is 5.93. The van der Waals surface area contributed by atoms with Crippen molar-refractivity contribution in [3.63, 3.8) is 0 Å². The van der Waals surface area contributed by atoms with Gasteiger partial charge in [0.2, 0.25) is 23.6 Å². The zero-order valence-electron chi connectivity index (χ0n) is 31.5. The Morgan fingerprint density at radius 3 is 2.39 bits per heavy atom. The van der Waals surface area contributed by atoms with Crippen LogP contribution >= 0.6 is 0 Å². The number of allylic oxidation sites excluding steroid dienone is 3. The van der Waals surface area contributed by atoms with Crippen LogP contribution in [0.25, 0.3) is 10.9 Å². The summed E-state index contributed by atoms with van der Waals surface area (Å²) in [5, 5.41) is 4.09. The minimum atomic E-state index is -0.901. The van der Waals surface area contributed by atoms with Gasteiger partial charge in [-0.15, -0.1) is 0 Å². The van der Waals surface area contributed by atoms with Crippen LogP contribution in [-0.4, -0.2) is 82.6 Å². The minimum absolute atomic E-state index is 0.0136. The van der Waals surface area contributed by atoms with E-state index in [-0.39, 0.29) is 42.1 Å². The number of hydrogen-bond donors (Lipinski definition) is 2. The molecular weight excluding hydrogens is 614 g/mol. The average Bonchev–Trinajstić information content (AvgIpc) is 3.39. The number of fused-ring (bicyclic) bond motifs is 5. The van der Waals surface area contributed by atoms with E-state index in [4.69, 9.17) is 0 Å². The molecule has 1 aromatic heterocycles. The molecule has 0 bridgehead atoms. The quantitative estimate of drug-likeness (QED) is 0.245. The molecule has 2 aliphatic heterocycles. The smallest absolute Gasteiger partial charge is 0.228 e. The number of rotatable bonds is 13. The molecule has 0 spiro atoms. The molecule has 9 heteroatoms. The molecule has 3 heterocycles. The number of carbonyl (C=O) groups is 4. The Morgan fingerprint density at radius 2 is 1.76 bits per heavy atom. The van der Waals surface area contributed by atoms with Crippen molar-refractivity contribution < 1.29 is 19.2 Å². The van der Waals surface area contributed by atoms with E-state index in [0.717, 1.165) is 40.6 Å². The van der Waals surface area contributed by atoms with Crippen LogP contribution in [-0.2, 0) is 37.6 Å². The van der Waals surface area contributed by atoms with Crippen molar-refractivity contribution in [2.75, 3.05) is 27.2 Å². The van der Waals surface area contributed by atoms with E-state index in [2.05, 4.69) is 55.3 Å². The lowest BCUT2D eigenvalue weighted by atomic mass is 9.67. The van der Waals surface area contributed by atoms with Gasteiger partial charge in [-0.3, -0.25) is 19.2 Å². The highest BCUT2D eigenvalue weighted by Crippen LogP contribution is 2.50. The standard InChI is InChI=1S/C40H59N5O4/c1-25(2)12-11-13-28(7)18-20-41-35(46)24-30-23-33(39(49)45(26(3)4)27(5)6)40(8)37-32(19-21-44(40)38(30)48)31-16-14-29(22-34(31)42-37)15-17-36(47)43(9)10/h12,14,16,18,22,26-27,30,33,42H,11,13,15,17,19-21,23-24H2,1-10H3,(H,41,46)/b28-18+/t30-,33-,40+/m1/s1. The Balaban J connectivity index is 1.64. The van der Waals surface area contributed by atoms with E-state index < -0.39 is 17.4 Å². The summed E-state index contributed by atoms with van der Waals surface area (Å²) in [7, 11) is 3.54. The maximum absolute atomic E-state index is 14.7. The monoisotopic (exact) mass is 673 g/mol. The normalized spacial score (nSPS) is 20.7. The Bertz CT molecular complexity index is 1600. The Labute approximate surface area is 293 Å². The second-order valence-electron chi connectivity index (χ2n) is 15.3. The number of aryl methyl sites for hydroxylation is 1. The highest BCUT2D eigenvalue weighted by Gasteiger charge is 2.57. The fourth-order valence-electron chi connectivity index (χ4n) is 7.88. The van der Waals surface area contributed by atoms with Crippen LogP contribution in [0.4, 0.5) is 0 Å². The third-order valence-corrected chi connectivity index (χ3v) is 10.5. The molecule has 4 amide bonds. The summed E-state index contributed by atoms with van der Waals surface area (Å²) in [4.78, 5) is 63.6. The molecule has 0 aliphatic carbocycles. The van der Waals surface area contributed by atoms with E-state index in [1.807, 2.05) is 50.5 Å². The van der Waals surface area contributed by atoms with Crippen molar-refractivity contribution in [2.24, 2.45) is 11.8 Å². The van der Waals surface area contributed by atoms with Crippen molar-refractivity contribution in [3.8, 4) is 0 Å². The first-order valence-corrected chi connectivity index (χ1v) is 18.1. The summed E-state index contributed by atoms with van der Waals surface area (Å²) < 4.78 is 0. The number of piperidine rings is 1. The van der Waals surface area contributed by atoms with Gasteiger partial charge in [0.15, 0.2) is 0 Å². The molecule has 0 radical (unpaired) electrons. The van der Waals surface area contributed by atoms with Gasteiger partial charge in [0.05, 0.1) is 11.5 Å². The molecule has 1 aromatic carbocycles. The maximum atomic E-state index is 14.7. The molecule has 4 rings (SSSR count). The number of benzene rings is 1. The van der Waals surface area contributed by atoms with Crippen LogP contribution in [0.3, 0.4) is 0 Å². The zero-order valence-corrected chi connectivity index (χ0v) is 31.5. The van der Waals surface area contributed by atoms with E-state index in [9.17, 15) is 19.2 Å². The molecule has 49 heavy (non-hydrogen) atoms. The van der Waals surface area contributed by atoms with E-state index in [1.165, 1.54) is 11.1 Å². The fourth-order valence-corrected chi connectivity index (χ4v) is 7.88. The molecule has 1 saturated heterocycles. The summed E-state index contributed by atoms with van der Waals surface area (Å²) in [5.41, 5.74) is 5.67. The van der Waals surface area contributed by atoms with Gasteiger partial charge in [-0.2, -0.15) is 0 Å². The van der Waals surface area contributed by atoms with Crippen LogP contribution in [0.5, 0.6) is 0 Å². The predicted octanol–water partition coefficient (Wildman–Crippen LogP) is 6.27. The lowest BCUT2D eigenvalue weighted by Crippen LogP contribution is -2.65. The summed E-state index contributed by atoms with van der Waals surface area (Å²) in [6.45, 7) is 17.3. The van der Waals surface area contributed by atoms with Crippen LogP contribution in [0.1, 0.15) is 104 Å². The first-order chi connectivity index (χ1) is 23.1. The fraction of sp³-hybridized carbons (Fsp3) is 0.600. The molecule has 2 N–H and O–H groups in total. The minimum Gasteiger partial charge on any atom is -0.356 e. The summed E-state index contributed by atoms with van der Waals surface area (Å²) >= 11 is 0. The average molecular weight is 674 g/mol. The molecule has 268 valence electrons. The molecule has 9 nitrogen and oxygen atoms in total. The SMILES string of the molecule is CC(C)=CCC/C(C)=C/CNC(=O)C[C@H]1C[C@H](C(=O)N(C(C)C)C(C)C)[C@@]2(C)c3[nH]c4cc(CCC(=O)N(C)C)ccc4c3CCN2C1=O. The van der Waals surface area contributed by atoms with E-state index in [1.54, 1.807) is 19.0 Å². The predicted molar refractivity (Wildman–Crippen MR) is 197 cm³/mol. The molecule has 1 fully saturated rings. The van der Waals surface area contributed by atoms with Gasteiger partial charge in [0.25, 0.3) is 0 Å². The van der Waals surface area contributed by atoms with Crippen molar-refractivity contribution in [2.45, 2.75) is 118 Å². The van der Waals surface area contributed by atoms with E-state index >= 15 is 0 Å². The third kappa shape index (κ3) is 8.30. The van der Waals surface area contributed by atoms with Crippen LogP contribution in [0, 0.1) is 11.8 Å². The number of aromatic amines is 1. The van der Waals surface area contributed by atoms with Gasteiger partial charge in [-0.25, -0.2) is 0 Å². The molecule has 2 aromatic rings. The summed E-state index contributed by atoms with van der Waals surface area (Å²) in [6.07, 6.45) is 8.24. The first-order valence-electron chi connectivity index (χ1n) is 18.1. The highest BCUT2D eigenvalue weighted by atomic mass is 16.2. The second kappa shape index (κ2) is 15.8. The summed E-state index contributed by atoms with van der Waals surface area (Å²) in [6, 6.07) is 6.25. The Morgan fingerprint density at radius 1 is 1.06 bits per heavy atom. The van der Waals surface area contributed by atoms with Gasteiger partial charge in [0, 0.05) is 74.6 Å². The van der Waals surface area contributed by atoms with Gasteiger partial charge in [-0.1, -0.05) is 35.4 Å². The number of hydrogen-bond acceptors (Lipinski definition) is 4. The van der Waals surface area contributed by atoms with Crippen LogP contribution < -0.4 is 5.32 Å². The van der Waals surface area contributed by atoms with Gasteiger partial charge in [-0.05, 0) is 105 Å². The van der Waals surface area contributed by atoms with Crippen LogP contribution in [0.15, 0.2) is 41.5 Å². The number of carbonyl (C=O) groups excluding carboxylic acids is 4. The topological polar surface area (TPSA) is 106 Å². The third-order valence-electron chi connectivity index (χ3n) is 10.5. The van der Waals surface area contributed by atoms with E-state index in [0.29, 0.717) is 38.8 Å². The van der Waals surface area contributed by atoms with Gasteiger partial charge < -0.3 is 25.0 Å². The molecule has 0 unspecified atom stereocenters. The first kappa shape index (κ1) is 37.9.